The summed E-state index contributed by atoms with van der Waals surface area (Å²) in [6.45, 7) is -5.77. The number of halogens is 2. The van der Waals surface area contributed by atoms with Gasteiger partial charge in [0.1, 0.15) is 41.0 Å². The molecule has 0 saturated carbocycles. The van der Waals surface area contributed by atoms with Gasteiger partial charge >= 0.3 is 12.5 Å². The number of benzene rings is 2. The number of nitrogen functional groups attached to an aromatic ring is 1. The molecule has 0 spiro atoms. The molecule has 0 aliphatic carbocycles. The summed E-state index contributed by atoms with van der Waals surface area (Å²) >= 11 is 0.208. The second kappa shape index (κ2) is 12.6. The number of rotatable bonds is 12. The Balaban J connectivity index is 1.60. The third-order valence-corrected chi connectivity index (χ3v) is 8.60. The van der Waals surface area contributed by atoms with E-state index in [9.17, 15) is 28.4 Å². The minimum absolute atomic E-state index is 0.0105. The highest BCUT2D eigenvalue weighted by Gasteiger charge is 2.61. The van der Waals surface area contributed by atoms with Crippen LogP contribution in [0, 0.1) is 0 Å². The van der Waals surface area contributed by atoms with Gasteiger partial charge in [0, 0.05) is 6.20 Å². The first-order chi connectivity index (χ1) is 19.5. The van der Waals surface area contributed by atoms with Crippen LogP contribution >= 0.6 is 18.5 Å². The third-order valence-electron chi connectivity index (χ3n) is 5.96. The Morgan fingerprint density at radius 2 is 1.61 bits per heavy atom. The van der Waals surface area contributed by atoms with Crippen LogP contribution in [-0.4, -0.2) is 64.8 Å². The monoisotopic (exact) mass is 617 g/mol. The minimum Gasteiger partial charge on any atom is -0.497 e. The van der Waals surface area contributed by atoms with Crippen molar-refractivity contribution >= 4 is 24.3 Å². The lowest BCUT2D eigenvalue weighted by atomic mass is 9.96. The molecule has 1 unspecified atom stereocenters. The van der Waals surface area contributed by atoms with E-state index in [4.69, 9.17) is 33.2 Å². The number of nitrogens with zero attached hydrogens (tertiary/aromatic N) is 2. The molecule has 1 aliphatic heterocycles. The fourth-order valence-corrected chi connectivity index (χ4v) is 6.06. The van der Waals surface area contributed by atoms with E-state index < -0.39 is 49.6 Å². The number of hydrogen-bond acceptors (Lipinski definition) is 13. The number of aliphatic hydroxyl groups is 2. The predicted molar refractivity (Wildman–Crippen MR) is 142 cm³/mol. The molecule has 1 aliphatic rings. The largest absolute Gasteiger partial charge is 0.497 e. The summed E-state index contributed by atoms with van der Waals surface area (Å²) in [5.41, 5.74) is 1.50. The van der Waals surface area contributed by atoms with E-state index in [0.717, 1.165) is 6.20 Å². The van der Waals surface area contributed by atoms with Gasteiger partial charge in [0.2, 0.25) is 0 Å². The molecule has 3 aromatic rings. The molecule has 1 fully saturated rings. The van der Waals surface area contributed by atoms with Gasteiger partial charge in [-0.25, -0.2) is 18.1 Å². The van der Waals surface area contributed by atoms with E-state index in [1.165, 1.54) is 56.7 Å². The molecule has 0 amide bonds. The number of aromatic nitrogens is 2. The molecule has 13 nitrogen and oxygen atoms in total. The summed E-state index contributed by atoms with van der Waals surface area (Å²) in [5.74, 6) is 1.03. The van der Waals surface area contributed by atoms with E-state index in [-0.39, 0.29) is 29.0 Å². The number of aliphatic hydroxyl groups excluding tert-OH is 2. The van der Waals surface area contributed by atoms with E-state index >= 15 is 0 Å². The molecule has 4 N–H and O–H groups in total. The number of ether oxygens (including phenoxy) is 3. The summed E-state index contributed by atoms with van der Waals surface area (Å²) in [6, 6.07) is 13.1. The van der Waals surface area contributed by atoms with Gasteiger partial charge < -0.3 is 38.9 Å². The van der Waals surface area contributed by atoms with Crippen LogP contribution in [-0.2, 0) is 13.8 Å². The van der Waals surface area contributed by atoms with Crippen molar-refractivity contribution in [3.05, 3.63) is 71.3 Å². The zero-order valence-electron chi connectivity index (χ0n) is 21.5. The van der Waals surface area contributed by atoms with Gasteiger partial charge in [0.15, 0.2) is 23.5 Å². The molecule has 0 bridgehead atoms. The summed E-state index contributed by atoms with van der Waals surface area (Å²) in [5, 5.41) is 21.2. The first-order valence-corrected chi connectivity index (χ1v) is 14.6. The van der Waals surface area contributed by atoms with Gasteiger partial charge in [-0.2, -0.15) is 4.98 Å². The van der Waals surface area contributed by atoms with Crippen LogP contribution < -0.4 is 29.6 Å². The molecule has 17 heteroatoms. The number of nitrogens with two attached hydrogens (primary N) is 1. The average molecular weight is 618 g/mol. The van der Waals surface area contributed by atoms with Crippen molar-refractivity contribution in [3.8, 4) is 23.0 Å². The molecule has 1 aromatic heterocycles. The zero-order valence-corrected chi connectivity index (χ0v) is 23.2. The van der Waals surface area contributed by atoms with Crippen molar-refractivity contribution in [1.82, 2.24) is 9.55 Å². The molecule has 41 heavy (non-hydrogen) atoms. The fourth-order valence-electron chi connectivity index (χ4n) is 3.74. The Hall–Kier alpha value is -3.40. The standard InChI is InChI=1S/C24H26F2N3O10PS/c1-34-14-3-7-16(8-4-14)38-40(33,41-39-17-9-5-15(35-2)6-10-17)36-13-24(22(25)26)20(31)19(30)21(37-24)29-12-11-18(27)28-23(29)32/h3-12,19-22,30-31H,13H2,1-2H3,(H2,27,28,32)/t19-,20+,21-,24-,40?/m1/s1. The number of alkyl halides is 2. The maximum atomic E-state index is 14.5. The van der Waals surface area contributed by atoms with Crippen LogP contribution in [0.3, 0.4) is 0 Å². The second-order valence-corrected chi connectivity index (χ2v) is 12.0. The molecule has 1 saturated heterocycles. The number of hydrogen-bond donors (Lipinski definition) is 3. The Bertz CT molecular complexity index is 1430. The molecule has 5 atom stereocenters. The van der Waals surface area contributed by atoms with Crippen LogP contribution in [0.2, 0.25) is 0 Å². The Labute approximate surface area is 236 Å². The Morgan fingerprint density at radius 3 is 2.15 bits per heavy atom. The topological polar surface area (TPSA) is 174 Å². The first kappa shape index (κ1) is 30.6. The van der Waals surface area contributed by atoms with Crippen molar-refractivity contribution < 1.29 is 51.0 Å². The summed E-state index contributed by atoms with van der Waals surface area (Å²) in [6.07, 6.45) is -8.55. The quantitative estimate of drug-likeness (QED) is 0.200. The van der Waals surface area contributed by atoms with Crippen molar-refractivity contribution in [1.29, 1.82) is 0 Å². The molecule has 222 valence electrons. The minimum atomic E-state index is -4.52. The van der Waals surface area contributed by atoms with Crippen molar-refractivity contribution in [2.75, 3.05) is 26.6 Å². The summed E-state index contributed by atoms with van der Waals surface area (Å²) in [4.78, 5) is 15.7. The van der Waals surface area contributed by atoms with Gasteiger partial charge in [0.05, 0.1) is 20.8 Å². The second-order valence-electron chi connectivity index (χ2n) is 8.56. The molecular weight excluding hydrogens is 591 g/mol. The van der Waals surface area contributed by atoms with E-state index in [0.29, 0.717) is 16.1 Å². The van der Waals surface area contributed by atoms with Gasteiger partial charge in [-0.3, -0.25) is 9.09 Å². The van der Waals surface area contributed by atoms with E-state index in [1.807, 2.05) is 0 Å². The van der Waals surface area contributed by atoms with Gasteiger partial charge in [-0.05, 0) is 54.6 Å². The molecule has 4 rings (SSSR count). The first-order valence-electron chi connectivity index (χ1n) is 11.8. The van der Waals surface area contributed by atoms with Gasteiger partial charge in [-0.1, -0.05) is 0 Å². The average Bonchev–Trinajstić information content (AvgIpc) is 3.22. The van der Waals surface area contributed by atoms with Crippen LogP contribution in [0.15, 0.2) is 65.6 Å². The third kappa shape index (κ3) is 6.74. The summed E-state index contributed by atoms with van der Waals surface area (Å²) < 4.78 is 75.3. The maximum absolute atomic E-state index is 14.5. The molecule has 0 radical (unpaired) electrons. The highest BCUT2D eigenvalue weighted by Crippen LogP contribution is 2.61. The number of anilines is 1. The Morgan fingerprint density at radius 1 is 1.05 bits per heavy atom. The predicted octanol–water partition coefficient (Wildman–Crippen LogP) is 3.03. The maximum Gasteiger partial charge on any atom is 0.478 e. The van der Waals surface area contributed by atoms with Crippen LogP contribution in [0.1, 0.15) is 6.23 Å². The van der Waals surface area contributed by atoms with Crippen molar-refractivity contribution in [3.63, 3.8) is 0 Å². The van der Waals surface area contributed by atoms with Crippen LogP contribution in [0.5, 0.6) is 23.0 Å². The lowest BCUT2D eigenvalue weighted by molar-refractivity contribution is -0.192. The number of methoxy groups -OCH3 is 2. The lowest BCUT2D eigenvalue weighted by Gasteiger charge is -2.31. The highest BCUT2D eigenvalue weighted by atomic mass is 32.7. The fraction of sp³-hybridized carbons (Fsp3) is 0.333. The highest BCUT2D eigenvalue weighted by molar-refractivity contribution is 8.52. The zero-order chi connectivity index (χ0) is 29.8. The van der Waals surface area contributed by atoms with Crippen LogP contribution in [0.4, 0.5) is 14.6 Å². The summed E-state index contributed by atoms with van der Waals surface area (Å²) in [7, 11) is 2.91. The lowest BCUT2D eigenvalue weighted by Crippen LogP contribution is -2.52. The molecular formula is C24H26F2N3O10PS. The normalized spacial score (nSPS) is 23.6. The smallest absolute Gasteiger partial charge is 0.478 e. The Kier molecular flexibility index (Phi) is 9.41. The van der Waals surface area contributed by atoms with Crippen molar-refractivity contribution in [2.45, 2.75) is 30.5 Å². The van der Waals surface area contributed by atoms with Gasteiger partial charge in [-0.15, -0.1) is 0 Å². The SMILES string of the molecule is COc1ccc(OSP(=O)(OC[C@@]2(C(F)F)O[C@@H](n3ccc(N)nc3=O)[C@H](O)[C@@H]2O)Oc2ccc(OC)cc2)cc1. The molecule has 2 aromatic carbocycles. The molecule has 2 heterocycles. The van der Waals surface area contributed by atoms with Crippen molar-refractivity contribution in [2.24, 2.45) is 0 Å². The van der Waals surface area contributed by atoms with Gasteiger partial charge in [0.25, 0.3) is 6.43 Å². The van der Waals surface area contributed by atoms with Crippen LogP contribution in [0.25, 0.3) is 0 Å². The van der Waals surface area contributed by atoms with E-state index in [1.54, 1.807) is 12.1 Å². The van der Waals surface area contributed by atoms with E-state index in [2.05, 4.69) is 4.98 Å².